The molecule has 2 bridgehead atoms. The summed E-state index contributed by atoms with van der Waals surface area (Å²) >= 11 is 1.63. The first kappa shape index (κ1) is 16.1. The molecule has 1 amide bonds. The molecule has 1 aliphatic heterocycles. The molecule has 3 atom stereocenters. The van der Waals surface area contributed by atoms with Crippen LogP contribution in [0, 0.1) is 28.4 Å². The maximum atomic E-state index is 13.3. The number of hydrogen-bond donors (Lipinski definition) is 0. The molecule has 1 saturated heterocycles. The van der Waals surface area contributed by atoms with Crippen molar-refractivity contribution >= 4 is 23.9 Å². The van der Waals surface area contributed by atoms with E-state index in [9.17, 15) is 13.6 Å². The SMILES string of the molecule is CC1(C)C2CC[C@]13CSN(C(=O)C=Cc1ccc(F)c(F)c1)[C@@H]3C2. The summed E-state index contributed by atoms with van der Waals surface area (Å²) in [5.74, 6) is -0.108. The van der Waals surface area contributed by atoms with Gasteiger partial charge >= 0.3 is 0 Å². The number of hydrogen-bond acceptors (Lipinski definition) is 2. The second-order valence-electron chi connectivity index (χ2n) is 7.81. The third-order valence-electron chi connectivity index (χ3n) is 6.71. The normalized spacial score (nSPS) is 33.4. The summed E-state index contributed by atoms with van der Waals surface area (Å²) in [5.41, 5.74) is 1.03. The molecule has 0 N–H and O–H groups in total. The van der Waals surface area contributed by atoms with E-state index < -0.39 is 11.6 Å². The molecule has 2 nitrogen and oxygen atoms in total. The van der Waals surface area contributed by atoms with Crippen molar-refractivity contribution in [1.82, 2.24) is 4.31 Å². The molecule has 1 spiro atoms. The van der Waals surface area contributed by atoms with Gasteiger partial charge in [-0.25, -0.2) is 8.78 Å². The molecular weight excluding hydrogens is 328 g/mol. The average Bonchev–Trinajstić information content (AvgIpc) is 3.12. The average molecular weight is 349 g/mol. The largest absolute Gasteiger partial charge is 0.279 e. The van der Waals surface area contributed by atoms with E-state index in [0.29, 0.717) is 22.9 Å². The van der Waals surface area contributed by atoms with Crippen LogP contribution in [0.4, 0.5) is 8.78 Å². The van der Waals surface area contributed by atoms with Gasteiger partial charge in [0.1, 0.15) is 0 Å². The van der Waals surface area contributed by atoms with E-state index in [1.807, 2.05) is 4.31 Å². The summed E-state index contributed by atoms with van der Waals surface area (Å²) in [6.45, 7) is 4.71. The predicted octanol–water partition coefficient (Wildman–Crippen LogP) is 4.66. The topological polar surface area (TPSA) is 20.3 Å². The first-order valence-corrected chi connectivity index (χ1v) is 9.39. The molecule has 2 saturated carbocycles. The standard InChI is InChI=1S/C19H21F2NOS/c1-18(2)13-7-8-19(18)11-24-22(16(19)10-13)17(23)6-4-12-3-5-14(20)15(21)9-12/h3-6,9,13,16H,7-8,10-11H2,1-2H3/t13?,16-,19-/m1/s1. The minimum absolute atomic E-state index is 0.0463. The third-order valence-corrected chi connectivity index (χ3v) is 8.07. The van der Waals surface area contributed by atoms with Crippen LogP contribution >= 0.6 is 11.9 Å². The third kappa shape index (κ3) is 2.10. The molecule has 4 rings (SSSR count). The van der Waals surface area contributed by atoms with Crippen molar-refractivity contribution in [3.8, 4) is 0 Å². The minimum Gasteiger partial charge on any atom is -0.279 e. The van der Waals surface area contributed by atoms with Gasteiger partial charge in [-0.3, -0.25) is 9.10 Å². The molecule has 3 fully saturated rings. The lowest BCUT2D eigenvalue weighted by Gasteiger charge is -2.37. The number of nitrogens with zero attached hydrogens (tertiary/aromatic N) is 1. The molecular formula is C19H21F2NOS. The van der Waals surface area contributed by atoms with E-state index in [2.05, 4.69) is 13.8 Å². The molecule has 128 valence electrons. The van der Waals surface area contributed by atoms with Gasteiger partial charge in [-0.2, -0.15) is 0 Å². The second-order valence-corrected chi connectivity index (χ2v) is 8.75. The molecule has 2 aliphatic carbocycles. The lowest BCUT2D eigenvalue weighted by atomic mass is 9.69. The van der Waals surface area contributed by atoms with E-state index in [4.69, 9.17) is 0 Å². The lowest BCUT2D eigenvalue weighted by molar-refractivity contribution is -0.123. The highest BCUT2D eigenvalue weighted by Crippen LogP contribution is 2.71. The summed E-state index contributed by atoms with van der Waals surface area (Å²) in [6, 6.07) is 3.97. The quantitative estimate of drug-likeness (QED) is 0.571. The predicted molar refractivity (Wildman–Crippen MR) is 92.0 cm³/mol. The van der Waals surface area contributed by atoms with Gasteiger partial charge in [0, 0.05) is 17.2 Å². The Hall–Kier alpha value is -1.36. The van der Waals surface area contributed by atoms with Crippen molar-refractivity contribution in [2.75, 3.05) is 5.75 Å². The Morgan fingerprint density at radius 2 is 2.12 bits per heavy atom. The molecule has 24 heavy (non-hydrogen) atoms. The van der Waals surface area contributed by atoms with Crippen LogP contribution in [-0.2, 0) is 4.79 Å². The lowest BCUT2D eigenvalue weighted by Crippen LogP contribution is -2.42. The van der Waals surface area contributed by atoms with E-state index in [1.165, 1.54) is 25.0 Å². The molecule has 1 aromatic carbocycles. The van der Waals surface area contributed by atoms with Crippen molar-refractivity contribution in [1.29, 1.82) is 0 Å². The Bertz CT molecular complexity index is 732. The molecule has 1 heterocycles. The number of carbonyl (C=O) groups excluding carboxylic acids is 1. The van der Waals surface area contributed by atoms with Crippen molar-refractivity contribution in [2.45, 2.75) is 39.2 Å². The number of carbonyl (C=O) groups is 1. The Kier molecular flexibility index (Phi) is 3.57. The van der Waals surface area contributed by atoms with Crippen LogP contribution in [0.3, 0.4) is 0 Å². The fourth-order valence-electron chi connectivity index (χ4n) is 5.05. The van der Waals surface area contributed by atoms with Crippen LogP contribution in [0.15, 0.2) is 24.3 Å². The summed E-state index contributed by atoms with van der Waals surface area (Å²) in [5, 5.41) is 0. The number of halogens is 2. The molecule has 1 aromatic rings. The highest BCUT2D eigenvalue weighted by molar-refractivity contribution is 7.97. The van der Waals surface area contributed by atoms with E-state index in [0.717, 1.165) is 24.3 Å². The van der Waals surface area contributed by atoms with Crippen LogP contribution in [-0.4, -0.2) is 22.0 Å². The van der Waals surface area contributed by atoms with Crippen LogP contribution < -0.4 is 0 Å². The Morgan fingerprint density at radius 3 is 2.83 bits per heavy atom. The summed E-state index contributed by atoms with van der Waals surface area (Å²) in [4.78, 5) is 12.6. The summed E-state index contributed by atoms with van der Waals surface area (Å²) in [6.07, 6.45) is 6.62. The van der Waals surface area contributed by atoms with Crippen molar-refractivity contribution in [3.63, 3.8) is 0 Å². The number of rotatable bonds is 2. The maximum Gasteiger partial charge on any atom is 0.256 e. The van der Waals surface area contributed by atoms with E-state index in [-0.39, 0.29) is 11.3 Å². The Balaban J connectivity index is 1.52. The van der Waals surface area contributed by atoms with Gasteiger partial charge in [0.05, 0.1) is 6.04 Å². The number of fused-ring (bicyclic) bond motifs is 1. The van der Waals surface area contributed by atoms with Crippen LogP contribution in [0.25, 0.3) is 6.08 Å². The van der Waals surface area contributed by atoms with Gasteiger partial charge in [0.15, 0.2) is 11.6 Å². The monoisotopic (exact) mass is 349 g/mol. The van der Waals surface area contributed by atoms with Gasteiger partial charge in [-0.15, -0.1) is 0 Å². The van der Waals surface area contributed by atoms with Gasteiger partial charge in [0.25, 0.3) is 5.91 Å². The van der Waals surface area contributed by atoms with Gasteiger partial charge in [-0.05, 0) is 66.3 Å². The smallest absolute Gasteiger partial charge is 0.256 e. The zero-order valence-electron chi connectivity index (χ0n) is 13.9. The van der Waals surface area contributed by atoms with Gasteiger partial charge in [-0.1, -0.05) is 19.9 Å². The van der Waals surface area contributed by atoms with E-state index >= 15 is 0 Å². The second kappa shape index (κ2) is 5.32. The van der Waals surface area contributed by atoms with Crippen LogP contribution in [0.2, 0.25) is 0 Å². The fourth-order valence-corrected chi connectivity index (χ4v) is 6.78. The van der Waals surface area contributed by atoms with Gasteiger partial charge < -0.3 is 0 Å². The minimum atomic E-state index is -0.894. The highest BCUT2D eigenvalue weighted by Gasteiger charge is 2.68. The molecule has 5 heteroatoms. The molecule has 0 radical (unpaired) electrons. The van der Waals surface area contributed by atoms with Crippen LogP contribution in [0.5, 0.6) is 0 Å². The number of amides is 1. The first-order chi connectivity index (χ1) is 11.3. The van der Waals surface area contributed by atoms with Gasteiger partial charge in [0.2, 0.25) is 0 Å². The maximum absolute atomic E-state index is 13.3. The van der Waals surface area contributed by atoms with Crippen LogP contribution in [0.1, 0.15) is 38.7 Å². The molecule has 0 aromatic heterocycles. The highest BCUT2D eigenvalue weighted by atomic mass is 32.2. The zero-order valence-corrected chi connectivity index (χ0v) is 14.7. The van der Waals surface area contributed by atoms with E-state index in [1.54, 1.807) is 18.0 Å². The number of benzene rings is 1. The fraction of sp³-hybridized carbons (Fsp3) is 0.526. The Morgan fingerprint density at radius 1 is 1.33 bits per heavy atom. The first-order valence-electron chi connectivity index (χ1n) is 8.44. The molecule has 3 aliphatic rings. The zero-order chi connectivity index (χ0) is 17.1. The van der Waals surface area contributed by atoms with Crippen molar-refractivity contribution in [3.05, 3.63) is 41.5 Å². The summed E-state index contributed by atoms with van der Waals surface area (Å²) < 4.78 is 28.2. The van der Waals surface area contributed by atoms with Crippen molar-refractivity contribution in [2.24, 2.45) is 16.7 Å². The Labute approximate surface area is 145 Å². The van der Waals surface area contributed by atoms with Crippen molar-refractivity contribution < 1.29 is 13.6 Å². The molecule has 1 unspecified atom stereocenters. The summed E-state index contributed by atoms with van der Waals surface area (Å²) in [7, 11) is 0.